The highest BCUT2D eigenvalue weighted by Gasteiger charge is 2.30. The number of nitrogens with zero attached hydrogens (tertiary/aromatic N) is 1. The lowest BCUT2D eigenvalue weighted by Crippen LogP contribution is -2.26. The summed E-state index contributed by atoms with van der Waals surface area (Å²) < 4.78 is 0. The van der Waals surface area contributed by atoms with Crippen molar-refractivity contribution in [1.29, 1.82) is 0 Å². The molecule has 1 nitrogen and oxygen atoms in total. The molecular weight excluding hydrogens is 218 g/mol. The van der Waals surface area contributed by atoms with Crippen molar-refractivity contribution in [2.24, 2.45) is 5.41 Å². The predicted octanol–water partition coefficient (Wildman–Crippen LogP) is 4.89. The molecule has 0 spiro atoms. The Bertz CT molecular complexity index is 394. The van der Waals surface area contributed by atoms with Crippen LogP contribution in [-0.4, -0.2) is 4.98 Å². The fourth-order valence-electron chi connectivity index (χ4n) is 3.11. The first-order valence-corrected chi connectivity index (χ1v) is 7.35. The van der Waals surface area contributed by atoms with Gasteiger partial charge in [0, 0.05) is 17.3 Å². The van der Waals surface area contributed by atoms with Gasteiger partial charge in [-0.2, -0.15) is 0 Å². The quantitative estimate of drug-likeness (QED) is 0.722. The molecule has 0 atom stereocenters. The molecule has 0 saturated heterocycles. The number of pyridine rings is 1. The summed E-state index contributed by atoms with van der Waals surface area (Å²) in [5, 5.41) is 0. The Hall–Kier alpha value is -0.850. The molecule has 18 heavy (non-hydrogen) atoms. The Labute approximate surface area is 112 Å². The smallest absolute Gasteiger partial charge is 0.0465 e. The van der Waals surface area contributed by atoms with E-state index in [2.05, 4.69) is 44.8 Å². The molecular formula is C17H27N. The highest BCUT2D eigenvalue weighted by molar-refractivity contribution is 5.24. The number of hydrogen-bond donors (Lipinski definition) is 0. The van der Waals surface area contributed by atoms with Crippen molar-refractivity contribution in [2.75, 3.05) is 0 Å². The second-order valence-corrected chi connectivity index (χ2v) is 7.41. The van der Waals surface area contributed by atoms with Crippen molar-refractivity contribution in [3.05, 3.63) is 29.6 Å². The molecule has 0 aliphatic heterocycles. The molecule has 1 aromatic rings. The van der Waals surface area contributed by atoms with Crippen LogP contribution in [0.5, 0.6) is 0 Å². The van der Waals surface area contributed by atoms with Gasteiger partial charge in [0.2, 0.25) is 0 Å². The first-order chi connectivity index (χ1) is 8.39. The van der Waals surface area contributed by atoms with E-state index in [4.69, 9.17) is 0 Å². The first-order valence-electron chi connectivity index (χ1n) is 7.35. The number of rotatable bonds is 2. The van der Waals surface area contributed by atoms with E-state index in [9.17, 15) is 0 Å². The lowest BCUT2D eigenvalue weighted by atomic mass is 9.72. The molecule has 1 aliphatic rings. The summed E-state index contributed by atoms with van der Waals surface area (Å²) in [6.07, 6.45) is 9.88. The van der Waals surface area contributed by atoms with Crippen LogP contribution in [0.15, 0.2) is 18.3 Å². The summed E-state index contributed by atoms with van der Waals surface area (Å²) >= 11 is 0. The van der Waals surface area contributed by atoms with Crippen LogP contribution in [0.1, 0.15) is 71.1 Å². The maximum Gasteiger partial charge on any atom is 0.0465 e. The SMILES string of the molecule is CC(C)(C)Cc1ccnc(C2(C)CCCCC2)c1. The molecule has 100 valence electrons. The molecule has 0 amide bonds. The summed E-state index contributed by atoms with van der Waals surface area (Å²) in [5.41, 5.74) is 3.45. The molecule has 1 aliphatic carbocycles. The minimum Gasteiger partial charge on any atom is -0.261 e. The third-order valence-corrected chi connectivity index (χ3v) is 4.13. The van der Waals surface area contributed by atoms with Crippen LogP contribution in [-0.2, 0) is 11.8 Å². The van der Waals surface area contributed by atoms with Crippen LogP contribution in [0.25, 0.3) is 0 Å². The second kappa shape index (κ2) is 5.03. The van der Waals surface area contributed by atoms with E-state index in [-0.39, 0.29) is 0 Å². The van der Waals surface area contributed by atoms with Gasteiger partial charge in [-0.15, -0.1) is 0 Å². The summed E-state index contributed by atoms with van der Waals surface area (Å²) in [4.78, 5) is 4.66. The molecule has 1 fully saturated rings. The van der Waals surface area contributed by atoms with Crippen LogP contribution in [0.4, 0.5) is 0 Å². The Balaban J connectivity index is 2.21. The fraction of sp³-hybridized carbons (Fsp3) is 0.706. The average molecular weight is 245 g/mol. The van der Waals surface area contributed by atoms with E-state index in [1.165, 1.54) is 43.4 Å². The molecule has 0 N–H and O–H groups in total. The third kappa shape index (κ3) is 3.34. The fourth-order valence-corrected chi connectivity index (χ4v) is 3.11. The minimum absolute atomic E-state index is 0.326. The average Bonchev–Trinajstić information content (AvgIpc) is 2.28. The third-order valence-electron chi connectivity index (χ3n) is 4.13. The summed E-state index contributed by atoms with van der Waals surface area (Å²) in [6, 6.07) is 4.54. The van der Waals surface area contributed by atoms with E-state index in [0.29, 0.717) is 10.8 Å². The summed E-state index contributed by atoms with van der Waals surface area (Å²) in [5.74, 6) is 0. The van der Waals surface area contributed by atoms with Crippen LogP contribution >= 0.6 is 0 Å². The Morgan fingerprint density at radius 3 is 2.44 bits per heavy atom. The van der Waals surface area contributed by atoms with Crippen molar-refractivity contribution in [2.45, 2.75) is 71.6 Å². The van der Waals surface area contributed by atoms with Crippen LogP contribution in [0.3, 0.4) is 0 Å². The molecule has 0 aromatic carbocycles. The molecule has 1 aromatic heterocycles. The van der Waals surface area contributed by atoms with E-state index in [1.807, 2.05) is 6.20 Å². The largest absolute Gasteiger partial charge is 0.261 e. The standard InChI is InChI=1S/C17H27N/c1-16(2,3)13-14-8-11-18-15(12-14)17(4)9-6-5-7-10-17/h8,11-12H,5-7,9-10,13H2,1-4H3. The minimum atomic E-state index is 0.326. The molecule has 0 unspecified atom stereocenters. The maximum absolute atomic E-state index is 4.66. The van der Waals surface area contributed by atoms with Gasteiger partial charge >= 0.3 is 0 Å². The lowest BCUT2D eigenvalue weighted by molar-refractivity contribution is 0.311. The van der Waals surface area contributed by atoms with E-state index < -0.39 is 0 Å². The molecule has 0 radical (unpaired) electrons. The highest BCUT2D eigenvalue weighted by atomic mass is 14.7. The second-order valence-electron chi connectivity index (χ2n) is 7.41. The molecule has 0 bridgehead atoms. The van der Waals surface area contributed by atoms with Crippen molar-refractivity contribution < 1.29 is 0 Å². The van der Waals surface area contributed by atoms with Crippen LogP contribution in [0, 0.1) is 5.41 Å². The van der Waals surface area contributed by atoms with Crippen LogP contribution < -0.4 is 0 Å². The number of aromatic nitrogens is 1. The zero-order valence-corrected chi connectivity index (χ0v) is 12.4. The van der Waals surface area contributed by atoms with Crippen molar-refractivity contribution in [1.82, 2.24) is 4.98 Å². The lowest BCUT2D eigenvalue weighted by Gasteiger charge is -2.33. The van der Waals surface area contributed by atoms with Gasteiger partial charge in [0.15, 0.2) is 0 Å². The first kappa shape index (κ1) is 13.6. The molecule has 1 heteroatoms. The van der Waals surface area contributed by atoms with Gasteiger partial charge in [-0.1, -0.05) is 47.0 Å². The van der Waals surface area contributed by atoms with E-state index >= 15 is 0 Å². The van der Waals surface area contributed by atoms with E-state index in [0.717, 1.165) is 6.42 Å². The van der Waals surface area contributed by atoms with Gasteiger partial charge in [0.05, 0.1) is 0 Å². The van der Waals surface area contributed by atoms with Crippen molar-refractivity contribution >= 4 is 0 Å². The number of hydrogen-bond acceptors (Lipinski definition) is 1. The van der Waals surface area contributed by atoms with Gasteiger partial charge in [-0.25, -0.2) is 0 Å². The zero-order valence-electron chi connectivity index (χ0n) is 12.4. The normalized spacial score (nSPS) is 19.8. The Morgan fingerprint density at radius 2 is 1.83 bits per heavy atom. The van der Waals surface area contributed by atoms with Gasteiger partial charge in [-0.3, -0.25) is 4.98 Å². The topological polar surface area (TPSA) is 12.9 Å². The zero-order chi connectivity index (χ0) is 13.2. The molecule has 1 heterocycles. The Morgan fingerprint density at radius 1 is 1.17 bits per heavy atom. The monoisotopic (exact) mass is 245 g/mol. The summed E-state index contributed by atoms with van der Waals surface area (Å²) in [7, 11) is 0. The van der Waals surface area contributed by atoms with Crippen LogP contribution in [0.2, 0.25) is 0 Å². The molecule has 2 rings (SSSR count). The Kier molecular flexibility index (Phi) is 3.79. The van der Waals surface area contributed by atoms with Crippen molar-refractivity contribution in [3.63, 3.8) is 0 Å². The maximum atomic E-state index is 4.66. The van der Waals surface area contributed by atoms with Crippen molar-refractivity contribution in [3.8, 4) is 0 Å². The van der Waals surface area contributed by atoms with Gasteiger partial charge in [0.1, 0.15) is 0 Å². The highest BCUT2D eigenvalue weighted by Crippen LogP contribution is 2.38. The molecule has 1 saturated carbocycles. The van der Waals surface area contributed by atoms with Gasteiger partial charge < -0.3 is 0 Å². The van der Waals surface area contributed by atoms with E-state index in [1.54, 1.807) is 0 Å². The van der Waals surface area contributed by atoms with Gasteiger partial charge in [0.25, 0.3) is 0 Å². The van der Waals surface area contributed by atoms with Gasteiger partial charge in [-0.05, 0) is 42.4 Å². The predicted molar refractivity (Wildman–Crippen MR) is 77.8 cm³/mol. The summed E-state index contributed by atoms with van der Waals surface area (Å²) in [6.45, 7) is 9.30.